The molecule has 3 rings (SSSR count). The molecule has 1 aliphatic rings. The average Bonchev–Trinajstić information content (AvgIpc) is 2.72. The van der Waals surface area contributed by atoms with Gasteiger partial charge in [-0.25, -0.2) is 10.9 Å². The predicted molar refractivity (Wildman–Crippen MR) is 103 cm³/mol. The van der Waals surface area contributed by atoms with Crippen LogP contribution in [0.15, 0.2) is 48.5 Å². The summed E-state index contributed by atoms with van der Waals surface area (Å²) in [6, 6.07) is 18.1. The van der Waals surface area contributed by atoms with Gasteiger partial charge in [0.2, 0.25) is 0 Å². The van der Waals surface area contributed by atoms with Crippen LogP contribution in [-0.4, -0.2) is 16.7 Å². The molecule has 115 valence electrons. The van der Waals surface area contributed by atoms with Crippen molar-refractivity contribution in [3.63, 3.8) is 0 Å². The third-order valence-corrected chi connectivity index (χ3v) is 8.47. The zero-order chi connectivity index (χ0) is 16.1. The highest BCUT2D eigenvalue weighted by Crippen LogP contribution is 2.61. The van der Waals surface area contributed by atoms with Gasteiger partial charge in [-0.05, 0) is 6.43 Å². The molecule has 0 aliphatic carbocycles. The fourth-order valence-corrected chi connectivity index (χ4v) is 8.76. The van der Waals surface area contributed by atoms with E-state index in [2.05, 4.69) is 90.1 Å². The molecule has 1 aliphatic heterocycles. The summed E-state index contributed by atoms with van der Waals surface area (Å²) < 4.78 is 0. The minimum Gasteiger partial charge on any atom is -0.289 e. The fourth-order valence-electron chi connectivity index (χ4n) is 4.19. The Balaban J connectivity index is 2.26. The van der Waals surface area contributed by atoms with Gasteiger partial charge in [0.1, 0.15) is 0 Å². The van der Waals surface area contributed by atoms with Gasteiger partial charge in [0.25, 0.3) is 0 Å². The molecule has 0 spiro atoms. The van der Waals surface area contributed by atoms with E-state index in [9.17, 15) is 0 Å². The summed E-state index contributed by atoms with van der Waals surface area (Å²) in [4.78, 5) is 0. The van der Waals surface area contributed by atoms with E-state index in [4.69, 9.17) is 0 Å². The third-order valence-electron chi connectivity index (χ3n) is 4.50. The monoisotopic (exact) mass is 308 g/mol. The van der Waals surface area contributed by atoms with Crippen molar-refractivity contribution in [1.29, 1.82) is 0 Å². The van der Waals surface area contributed by atoms with Gasteiger partial charge in [0, 0.05) is 0 Å². The van der Waals surface area contributed by atoms with E-state index in [0.29, 0.717) is 16.7 Å². The fraction of sp³-hybridized carbons (Fsp3) is 0.400. The Morgan fingerprint density at radius 3 is 1.36 bits per heavy atom. The van der Waals surface area contributed by atoms with Crippen LogP contribution < -0.4 is 10.9 Å². The third kappa shape index (κ3) is 2.54. The zero-order valence-electron chi connectivity index (χ0n) is 14.6. The van der Waals surface area contributed by atoms with E-state index in [1.807, 2.05) is 0 Å². The average molecular weight is 308 g/mol. The first-order chi connectivity index (χ1) is 10.2. The Hall–Kier alpha value is -1.07. The minimum atomic E-state index is -0.217. The Morgan fingerprint density at radius 1 is 0.636 bits per heavy atom. The van der Waals surface area contributed by atoms with Crippen LogP contribution in [0.25, 0.3) is 11.1 Å². The number of rotatable bonds is 1. The molecule has 2 aromatic rings. The van der Waals surface area contributed by atoms with Gasteiger partial charge in [0.15, 0.2) is 0 Å². The second kappa shape index (κ2) is 5.24. The molecule has 0 amide bonds. The molecule has 0 nitrogen and oxygen atoms in total. The van der Waals surface area contributed by atoms with Crippen molar-refractivity contribution < 1.29 is 0 Å². The van der Waals surface area contributed by atoms with Gasteiger partial charge in [0.05, 0.1) is 0 Å². The Morgan fingerprint density at radius 2 is 1.00 bits per heavy atom. The predicted octanol–water partition coefficient (Wildman–Crippen LogP) is 4.85. The zero-order valence-corrected chi connectivity index (χ0v) is 15.5. The minimum absolute atomic E-state index is 0.217. The molecule has 1 heterocycles. The molecule has 22 heavy (non-hydrogen) atoms. The first kappa shape index (κ1) is 15.8. The summed E-state index contributed by atoms with van der Waals surface area (Å²) in [7, 11) is -0.217. The first-order valence-electron chi connectivity index (χ1n) is 8.19. The number of fused-ring (bicyclic) bond motifs is 3. The van der Waals surface area contributed by atoms with Crippen LogP contribution in [0.1, 0.15) is 41.5 Å². The van der Waals surface area contributed by atoms with E-state index in [1.165, 1.54) is 11.1 Å². The Bertz CT molecular complexity index is 632. The molecule has 2 aromatic carbocycles. The first-order valence-corrected chi connectivity index (χ1v) is 9.60. The van der Waals surface area contributed by atoms with Gasteiger partial charge in [-0.3, -0.25) is 7.80 Å². The quantitative estimate of drug-likeness (QED) is 0.522. The summed E-state index contributed by atoms with van der Waals surface area (Å²) >= 11 is 0. The van der Waals surface area contributed by atoms with Crippen molar-refractivity contribution in [2.24, 2.45) is 0 Å². The topological polar surface area (TPSA) is 0 Å². The molecule has 0 aromatic heterocycles. The van der Waals surface area contributed by atoms with Crippen molar-refractivity contribution >= 4 is 25.2 Å². The molecule has 0 atom stereocenters. The van der Waals surface area contributed by atoms with Crippen LogP contribution in [0.2, 0.25) is 0 Å². The summed E-state index contributed by atoms with van der Waals surface area (Å²) in [6.45, 7) is 14.5. The highest BCUT2D eigenvalue weighted by molar-refractivity contribution is 7.96. The van der Waals surface area contributed by atoms with E-state index in [1.54, 1.807) is 10.9 Å². The lowest BCUT2D eigenvalue weighted by atomic mass is 9.65. The molecule has 0 N–H and O–H groups in total. The van der Waals surface area contributed by atoms with E-state index < -0.39 is 0 Å². The van der Waals surface area contributed by atoms with Gasteiger partial charge in [-0.1, -0.05) is 112 Å². The lowest BCUT2D eigenvalue weighted by Gasteiger charge is -2.55. The van der Waals surface area contributed by atoms with Crippen LogP contribution in [0, 0.1) is 0 Å². The summed E-state index contributed by atoms with van der Waals surface area (Å²) in [5, 5.41) is 0.644. The summed E-state index contributed by atoms with van der Waals surface area (Å²) in [5.74, 6) is 0. The molecular weight excluding hydrogens is 282 g/mol. The van der Waals surface area contributed by atoms with Crippen LogP contribution in [0.4, 0.5) is 0 Å². The lowest BCUT2D eigenvalue weighted by Crippen LogP contribution is -2.45. The van der Waals surface area contributed by atoms with Crippen LogP contribution in [-0.2, 0) is 0 Å². The molecule has 0 fully saturated rings. The standard InChI is InChI=1S/C20H26BP/c1-19(2,3)22(20(4,5)6)21-17-13-9-7-11-15(17)16-12-8-10-14-18(16)21/h7-14H,1-6H3/q-1. The van der Waals surface area contributed by atoms with Crippen molar-refractivity contribution in [2.75, 3.05) is 0 Å². The second-order valence-corrected chi connectivity index (χ2v) is 12.2. The van der Waals surface area contributed by atoms with Gasteiger partial charge in [-0.2, -0.15) is 0 Å². The van der Waals surface area contributed by atoms with E-state index >= 15 is 0 Å². The molecule has 0 unspecified atom stereocenters. The molecule has 2 heteroatoms. The number of benzene rings is 2. The van der Waals surface area contributed by atoms with Crippen molar-refractivity contribution in [3.8, 4) is 11.1 Å². The summed E-state index contributed by atoms with van der Waals surface area (Å²) in [6.07, 6.45) is 0.558. The maximum atomic E-state index is 2.42. The van der Waals surface area contributed by atoms with Crippen LogP contribution >= 0.6 is 7.80 Å². The van der Waals surface area contributed by atoms with Crippen molar-refractivity contribution in [2.45, 2.75) is 51.9 Å². The van der Waals surface area contributed by atoms with Gasteiger partial charge < -0.3 is 0 Å². The maximum absolute atomic E-state index is 2.42. The Labute approximate surface area is 137 Å². The lowest BCUT2D eigenvalue weighted by molar-refractivity contribution is 0.718. The number of hydrogen-bond acceptors (Lipinski definition) is 0. The van der Waals surface area contributed by atoms with Crippen LogP contribution in [0.3, 0.4) is 0 Å². The number of hydrogen-bond donors (Lipinski definition) is 0. The van der Waals surface area contributed by atoms with Crippen LogP contribution in [0.5, 0.6) is 0 Å². The largest absolute Gasteiger partial charge is 0.289 e. The van der Waals surface area contributed by atoms with Crippen molar-refractivity contribution in [3.05, 3.63) is 48.5 Å². The smallest absolute Gasteiger partial charge is 0.0316 e. The molecule has 0 saturated heterocycles. The maximum Gasteiger partial charge on any atom is -0.0316 e. The normalized spacial score (nSPS) is 15.0. The summed E-state index contributed by atoms with van der Waals surface area (Å²) in [5.41, 5.74) is 5.98. The molecule has 0 bridgehead atoms. The second-order valence-electron chi connectivity index (χ2n) is 8.29. The SMILES string of the molecule is CC(C)(C)P([B-]1c2ccccc2-c2ccccc21)C(C)(C)C. The molecule has 1 radical (unpaired) electrons. The van der Waals surface area contributed by atoms with E-state index in [0.717, 1.165) is 0 Å². The van der Waals surface area contributed by atoms with Crippen molar-refractivity contribution in [1.82, 2.24) is 0 Å². The van der Waals surface area contributed by atoms with E-state index in [-0.39, 0.29) is 7.80 Å². The molecular formula is C20H26BP-. The highest BCUT2D eigenvalue weighted by Gasteiger charge is 2.35. The Kier molecular flexibility index (Phi) is 3.77. The van der Waals surface area contributed by atoms with Gasteiger partial charge in [-0.15, -0.1) is 0 Å². The molecule has 0 saturated carbocycles. The van der Waals surface area contributed by atoms with Gasteiger partial charge >= 0.3 is 0 Å². The highest BCUT2D eigenvalue weighted by atomic mass is 31.1.